The van der Waals surface area contributed by atoms with E-state index in [4.69, 9.17) is 11.6 Å². The van der Waals surface area contributed by atoms with Crippen molar-refractivity contribution in [2.24, 2.45) is 5.92 Å². The van der Waals surface area contributed by atoms with Crippen LogP contribution in [0.3, 0.4) is 0 Å². The third-order valence-electron chi connectivity index (χ3n) is 2.00. The van der Waals surface area contributed by atoms with Gasteiger partial charge in [-0.05, 0) is 25.7 Å². The Morgan fingerprint density at radius 3 is 2.29 bits per heavy atom. The van der Waals surface area contributed by atoms with Crippen molar-refractivity contribution in [3.05, 3.63) is 0 Å². The summed E-state index contributed by atoms with van der Waals surface area (Å²) < 4.78 is 39.3. The van der Waals surface area contributed by atoms with Gasteiger partial charge in [-0.25, -0.2) is 0 Å². The Balaban J connectivity index is 3.30. The maximum Gasteiger partial charge on any atom is 0.411 e. The lowest BCUT2D eigenvalue weighted by Crippen LogP contribution is -2.17. The smallest absolute Gasteiger partial charge is 0.372 e. The molecule has 5 heteroatoms. The Morgan fingerprint density at radius 1 is 1.29 bits per heavy atom. The second kappa shape index (κ2) is 6.51. The lowest BCUT2D eigenvalue weighted by atomic mass is 10.0. The van der Waals surface area contributed by atoms with Crippen LogP contribution in [-0.4, -0.2) is 24.8 Å². The number of hydrogen-bond donors (Lipinski definition) is 0. The molecule has 2 atom stereocenters. The van der Waals surface area contributed by atoms with Crippen LogP contribution >= 0.6 is 11.6 Å². The average Bonchev–Trinajstić information content (AvgIpc) is 2.01. The Labute approximate surface area is 87.6 Å². The van der Waals surface area contributed by atoms with Gasteiger partial charge in [0.2, 0.25) is 0 Å². The van der Waals surface area contributed by atoms with Gasteiger partial charge in [0.15, 0.2) is 0 Å². The first-order chi connectivity index (χ1) is 6.33. The molecule has 0 aliphatic rings. The molecule has 0 amide bonds. The second-order valence-electron chi connectivity index (χ2n) is 3.46. The highest BCUT2D eigenvalue weighted by atomic mass is 35.5. The van der Waals surface area contributed by atoms with Crippen LogP contribution in [0.15, 0.2) is 0 Å². The van der Waals surface area contributed by atoms with Crippen molar-refractivity contribution in [2.45, 2.75) is 38.2 Å². The molecule has 0 bridgehead atoms. The fraction of sp³-hybridized carbons (Fsp3) is 1.00. The predicted molar refractivity (Wildman–Crippen MR) is 50.6 cm³/mol. The molecule has 86 valence electrons. The van der Waals surface area contributed by atoms with Gasteiger partial charge in [-0.15, -0.1) is 11.6 Å². The minimum atomic E-state index is -4.22. The van der Waals surface area contributed by atoms with E-state index in [0.717, 1.165) is 6.42 Å². The molecule has 0 radical (unpaired) electrons. The highest BCUT2D eigenvalue weighted by Gasteiger charge is 2.27. The zero-order chi connectivity index (χ0) is 11.2. The topological polar surface area (TPSA) is 9.23 Å². The summed E-state index contributed by atoms with van der Waals surface area (Å²) in [5, 5.41) is 0.0533. The SMILES string of the molecule is CC(Cl)C(C)CCCOCC(F)(F)F. The Hall–Kier alpha value is 0.0400. The molecule has 0 fully saturated rings. The third kappa shape index (κ3) is 8.63. The molecule has 0 aromatic carbocycles. The van der Waals surface area contributed by atoms with Gasteiger partial charge in [0.1, 0.15) is 6.61 Å². The first-order valence-corrected chi connectivity index (χ1v) is 5.05. The first-order valence-electron chi connectivity index (χ1n) is 4.61. The van der Waals surface area contributed by atoms with Crippen LogP contribution in [0.1, 0.15) is 26.7 Å². The molecular weight excluding hydrogens is 217 g/mol. The van der Waals surface area contributed by atoms with Crippen molar-refractivity contribution in [3.8, 4) is 0 Å². The van der Waals surface area contributed by atoms with E-state index in [0.29, 0.717) is 12.3 Å². The third-order valence-corrected chi connectivity index (χ3v) is 2.43. The van der Waals surface area contributed by atoms with Crippen molar-refractivity contribution >= 4 is 11.6 Å². The number of halogens is 4. The van der Waals surface area contributed by atoms with Gasteiger partial charge in [-0.2, -0.15) is 13.2 Å². The van der Waals surface area contributed by atoms with E-state index < -0.39 is 12.8 Å². The van der Waals surface area contributed by atoms with Crippen LogP contribution in [0.5, 0.6) is 0 Å². The van der Waals surface area contributed by atoms with Crippen LogP contribution in [-0.2, 0) is 4.74 Å². The molecule has 0 spiro atoms. The van der Waals surface area contributed by atoms with Gasteiger partial charge in [-0.3, -0.25) is 0 Å². The maximum absolute atomic E-state index is 11.6. The largest absolute Gasteiger partial charge is 0.411 e. The summed E-state index contributed by atoms with van der Waals surface area (Å²) in [6.45, 7) is 2.84. The van der Waals surface area contributed by atoms with Gasteiger partial charge in [0.25, 0.3) is 0 Å². The van der Waals surface area contributed by atoms with E-state index in [2.05, 4.69) is 4.74 Å². The summed E-state index contributed by atoms with van der Waals surface area (Å²) in [6.07, 6.45) is -2.80. The predicted octanol–water partition coefficient (Wildman–Crippen LogP) is 3.61. The highest BCUT2D eigenvalue weighted by Crippen LogP contribution is 2.17. The maximum atomic E-state index is 11.6. The van der Waals surface area contributed by atoms with Crippen molar-refractivity contribution < 1.29 is 17.9 Å². The van der Waals surface area contributed by atoms with Gasteiger partial charge in [0, 0.05) is 12.0 Å². The van der Waals surface area contributed by atoms with Crippen LogP contribution in [0.4, 0.5) is 13.2 Å². The van der Waals surface area contributed by atoms with E-state index >= 15 is 0 Å². The van der Waals surface area contributed by atoms with Crippen molar-refractivity contribution in [2.75, 3.05) is 13.2 Å². The molecule has 1 nitrogen and oxygen atoms in total. The minimum Gasteiger partial charge on any atom is -0.372 e. The molecule has 0 heterocycles. The zero-order valence-corrected chi connectivity index (χ0v) is 9.16. The second-order valence-corrected chi connectivity index (χ2v) is 4.15. The van der Waals surface area contributed by atoms with Crippen LogP contribution in [0, 0.1) is 5.92 Å². The Kier molecular flexibility index (Phi) is 6.53. The van der Waals surface area contributed by atoms with Gasteiger partial charge in [0.05, 0.1) is 0 Å². The van der Waals surface area contributed by atoms with E-state index in [1.54, 1.807) is 0 Å². The number of alkyl halides is 4. The normalized spacial score (nSPS) is 16.7. The number of rotatable bonds is 6. The van der Waals surface area contributed by atoms with E-state index in [1.165, 1.54) is 0 Å². The van der Waals surface area contributed by atoms with E-state index in [-0.39, 0.29) is 12.0 Å². The first kappa shape index (κ1) is 14.0. The molecule has 0 rings (SSSR count). The summed E-state index contributed by atoms with van der Waals surface area (Å²) in [4.78, 5) is 0. The molecule has 0 saturated carbocycles. The quantitative estimate of drug-likeness (QED) is 0.502. The Bertz CT molecular complexity index is 147. The molecule has 0 aliphatic carbocycles. The standard InChI is InChI=1S/C9H16ClF3O/c1-7(8(2)10)4-3-5-14-6-9(11,12)13/h7-8H,3-6H2,1-2H3. The van der Waals surface area contributed by atoms with Crippen molar-refractivity contribution in [1.82, 2.24) is 0 Å². The molecular formula is C9H16ClF3O. The molecule has 0 aromatic rings. The van der Waals surface area contributed by atoms with Crippen LogP contribution in [0.2, 0.25) is 0 Å². The van der Waals surface area contributed by atoms with E-state index in [1.807, 2.05) is 13.8 Å². The molecule has 2 unspecified atom stereocenters. The lowest BCUT2D eigenvalue weighted by Gasteiger charge is -2.13. The summed E-state index contributed by atoms with van der Waals surface area (Å²) in [6, 6.07) is 0. The van der Waals surface area contributed by atoms with Crippen LogP contribution < -0.4 is 0 Å². The number of ether oxygens (including phenoxy) is 1. The van der Waals surface area contributed by atoms with Crippen molar-refractivity contribution in [3.63, 3.8) is 0 Å². The van der Waals surface area contributed by atoms with E-state index in [9.17, 15) is 13.2 Å². The summed E-state index contributed by atoms with van der Waals surface area (Å²) in [5.41, 5.74) is 0. The highest BCUT2D eigenvalue weighted by molar-refractivity contribution is 6.20. The average molecular weight is 233 g/mol. The van der Waals surface area contributed by atoms with Gasteiger partial charge >= 0.3 is 6.18 Å². The molecule has 0 aromatic heterocycles. The summed E-state index contributed by atoms with van der Waals surface area (Å²) in [5.74, 6) is 0.311. The summed E-state index contributed by atoms with van der Waals surface area (Å²) >= 11 is 5.79. The molecule has 0 aliphatic heterocycles. The summed E-state index contributed by atoms with van der Waals surface area (Å²) in [7, 11) is 0. The zero-order valence-electron chi connectivity index (χ0n) is 8.40. The lowest BCUT2D eigenvalue weighted by molar-refractivity contribution is -0.174. The Morgan fingerprint density at radius 2 is 1.86 bits per heavy atom. The molecule has 14 heavy (non-hydrogen) atoms. The number of hydrogen-bond acceptors (Lipinski definition) is 1. The monoisotopic (exact) mass is 232 g/mol. The van der Waals surface area contributed by atoms with Gasteiger partial charge < -0.3 is 4.74 Å². The molecule has 0 N–H and O–H groups in total. The fourth-order valence-electron chi connectivity index (χ4n) is 0.925. The minimum absolute atomic E-state index is 0.0533. The molecule has 0 saturated heterocycles. The van der Waals surface area contributed by atoms with Gasteiger partial charge in [-0.1, -0.05) is 6.92 Å². The van der Waals surface area contributed by atoms with Crippen LogP contribution in [0.25, 0.3) is 0 Å². The van der Waals surface area contributed by atoms with Crippen molar-refractivity contribution in [1.29, 1.82) is 0 Å². The fourth-order valence-corrected chi connectivity index (χ4v) is 1.05.